The van der Waals surface area contributed by atoms with Crippen molar-refractivity contribution in [3.05, 3.63) is 47.6 Å². The lowest BCUT2D eigenvalue weighted by molar-refractivity contribution is -0.118. The number of hydrogen-bond acceptors (Lipinski definition) is 5. The predicted molar refractivity (Wildman–Crippen MR) is 89.6 cm³/mol. The van der Waals surface area contributed by atoms with E-state index in [1.54, 1.807) is 23.7 Å². The molecule has 114 valence electrons. The Morgan fingerprint density at radius 1 is 1.30 bits per heavy atom. The lowest BCUT2D eigenvalue weighted by Gasteiger charge is -2.20. The summed E-state index contributed by atoms with van der Waals surface area (Å²) in [6.45, 7) is 2.03. The summed E-state index contributed by atoms with van der Waals surface area (Å²) in [5.74, 6) is 0.599. The van der Waals surface area contributed by atoms with Gasteiger partial charge in [-0.15, -0.1) is 11.3 Å². The Bertz CT molecular complexity index is 890. The summed E-state index contributed by atoms with van der Waals surface area (Å²) in [5, 5.41) is 5.76. The Labute approximate surface area is 137 Å². The second-order valence-corrected chi connectivity index (χ2v) is 6.14. The second kappa shape index (κ2) is 5.48. The molecule has 1 aliphatic heterocycles. The molecular formula is C17H13N3O2S. The molecule has 0 bridgehead atoms. The van der Waals surface area contributed by atoms with Gasteiger partial charge in [0.05, 0.1) is 11.4 Å². The number of amides is 1. The summed E-state index contributed by atoms with van der Waals surface area (Å²) >= 11 is 1.57. The molecule has 6 heteroatoms. The minimum Gasteiger partial charge on any atom is -0.481 e. The number of fused-ring (bicyclic) bond motifs is 1. The maximum Gasteiger partial charge on any atom is 0.262 e. The molecule has 1 amide bonds. The van der Waals surface area contributed by atoms with Crippen LogP contribution in [0.3, 0.4) is 0 Å². The van der Waals surface area contributed by atoms with Crippen molar-refractivity contribution in [2.24, 2.45) is 0 Å². The number of benzene rings is 1. The number of carbonyl (C=O) groups excluding carboxylic acids is 1. The van der Waals surface area contributed by atoms with Gasteiger partial charge in [0, 0.05) is 28.9 Å². The van der Waals surface area contributed by atoms with Gasteiger partial charge in [-0.1, -0.05) is 0 Å². The largest absolute Gasteiger partial charge is 0.481 e. The molecule has 0 radical (unpaired) electrons. The molecule has 4 rings (SSSR count). The van der Waals surface area contributed by atoms with Crippen molar-refractivity contribution in [3.63, 3.8) is 0 Å². The zero-order chi connectivity index (χ0) is 15.8. The third kappa shape index (κ3) is 2.57. The fraction of sp³-hybridized carbons (Fsp3) is 0.118. The number of pyridine rings is 1. The molecule has 0 atom stereocenters. The summed E-state index contributed by atoms with van der Waals surface area (Å²) in [6, 6.07) is 7.82. The number of aryl methyl sites for hydroxylation is 1. The van der Waals surface area contributed by atoms with Gasteiger partial charge in [-0.3, -0.25) is 9.78 Å². The first-order valence-electron chi connectivity index (χ1n) is 7.14. The number of carbonyl (C=O) groups is 1. The number of rotatable bonds is 2. The van der Waals surface area contributed by atoms with Crippen LogP contribution in [-0.2, 0) is 4.79 Å². The van der Waals surface area contributed by atoms with E-state index in [0.29, 0.717) is 5.69 Å². The molecule has 5 nitrogen and oxygen atoms in total. The maximum atomic E-state index is 11.5. The van der Waals surface area contributed by atoms with Gasteiger partial charge < -0.3 is 10.1 Å². The van der Waals surface area contributed by atoms with Gasteiger partial charge in [-0.2, -0.15) is 0 Å². The molecule has 0 saturated heterocycles. The average molecular weight is 323 g/mol. The van der Waals surface area contributed by atoms with Crippen molar-refractivity contribution in [2.75, 3.05) is 11.9 Å². The normalized spacial score (nSPS) is 13.2. The van der Waals surface area contributed by atoms with E-state index in [0.717, 1.165) is 33.1 Å². The number of ether oxygens (including phenoxy) is 1. The third-order valence-electron chi connectivity index (χ3n) is 3.60. The highest BCUT2D eigenvalue weighted by Gasteiger charge is 2.20. The summed E-state index contributed by atoms with van der Waals surface area (Å²) in [5.41, 5.74) is 4.53. The maximum absolute atomic E-state index is 11.5. The molecule has 0 saturated carbocycles. The van der Waals surface area contributed by atoms with Crippen LogP contribution in [0.4, 0.5) is 5.69 Å². The number of thiazole rings is 1. The van der Waals surface area contributed by atoms with Gasteiger partial charge in [-0.05, 0) is 36.8 Å². The van der Waals surface area contributed by atoms with Crippen LogP contribution in [0.25, 0.3) is 21.8 Å². The fourth-order valence-electron chi connectivity index (χ4n) is 2.56. The number of nitrogens with zero attached hydrogens (tertiary/aromatic N) is 2. The molecule has 0 aliphatic carbocycles. The zero-order valence-corrected chi connectivity index (χ0v) is 13.2. The van der Waals surface area contributed by atoms with E-state index in [-0.39, 0.29) is 12.5 Å². The summed E-state index contributed by atoms with van der Waals surface area (Å²) < 4.78 is 5.49. The minimum absolute atomic E-state index is 0.0651. The summed E-state index contributed by atoms with van der Waals surface area (Å²) in [4.78, 5) is 20.3. The van der Waals surface area contributed by atoms with E-state index in [1.807, 2.05) is 36.6 Å². The number of anilines is 1. The predicted octanol–water partition coefficient (Wildman–Crippen LogP) is 3.51. The van der Waals surface area contributed by atoms with Crippen molar-refractivity contribution < 1.29 is 9.53 Å². The number of hydrogen-bond donors (Lipinski definition) is 1. The molecule has 0 fully saturated rings. The van der Waals surface area contributed by atoms with Gasteiger partial charge in [0.2, 0.25) is 0 Å². The van der Waals surface area contributed by atoms with Crippen LogP contribution in [0, 0.1) is 6.92 Å². The van der Waals surface area contributed by atoms with E-state index < -0.39 is 0 Å². The Morgan fingerprint density at radius 2 is 2.22 bits per heavy atom. The topological polar surface area (TPSA) is 64.1 Å². The van der Waals surface area contributed by atoms with Gasteiger partial charge in [0.15, 0.2) is 6.61 Å². The molecule has 3 heterocycles. The van der Waals surface area contributed by atoms with Crippen LogP contribution in [0.2, 0.25) is 0 Å². The summed E-state index contributed by atoms with van der Waals surface area (Å²) in [7, 11) is 0. The fourth-order valence-corrected chi connectivity index (χ4v) is 3.38. The molecule has 0 spiro atoms. The smallest absolute Gasteiger partial charge is 0.262 e. The van der Waals surface area contributed by atoms with Crippen LogP contribution in [0.1, 0.15) is 5.56 Å². The number of nitrogens with one attached hydrogen (secondary N) is 1. The Hall–Kier alpha value is -2.73. The van der Waals surface area contributed by atoms with E-state index >= 15 is 0 Å². The molecule has 1 N–H and O–H groups in total. The van der Waals surface area contributed by atoms with Crippen LogP contribution in [0.15, 0.2) is 42.0 Å². The van der Waals surface area contributed by atoms with Crippen molar-refractivity contribution in [1.29, 1.82) is 0 Å². The van der Waals surface area contributed by atoms with Gasteiger partial charge in [0.25, 0.3) is 5.91 Å². The Morgan fingerprint density at radius 3 is 3.04 bits per heavy atom. The standard InChI is InChI=1S/C17H13N3O2S/c1-10-5-12(6-13-16(10)22-8-15(21)19-13)17-20-14(9-23-17)11-3-2-4-18-7-11/h2-7,9H,8H2,1H3,(H,19,21). The lowest BCUT2D eigenvalue weighted by atomic mass is 10.1. The van der Waals surface area contributed by atoms with Crippen LogP contribution >= 0.6 is 11.3 Å². The van der Waals surface area contributed by atoms with E-state index in [2.05, 4.69) is 15.3 Å². The highest BCUT2D eigenvalue weighted by atomic mass is 32.1. The molecule has 2 aromatic heterocycles. The SMILES string of the molecule is Cc1cc(-c2nc(-c3cccnc3)cs2)cc2c1OCC(=O)N2. The Balaban J connectivity index is 1.74. The molecule has 1 aliphatic rings. The molecular weight excluding hydrogens is 310 g/mol. The Kier molecular flexibility index (Phi) is 3.31. The third-order valence-corrected chi connectivity index (χ3v) is 4.50. The van der Waals surface area contributed by atoms with E-state index in [9.17, 15) is 4.79 Å². The van der Waals surface area contributed by atoms with Crippen molar-refractivity contribution in [2.45, 2.75) is 6.92 Å². The van der Waals surface area contributed by atoms with Crippen LogP contribution in [0.5, 0.6) is 5.75 Å². The van der Waals surface area contributed by atoms with Crippen molar-refractivity contribution in [1.82, 2.24) is 9.97 Å². The van der Waals surface area contributed by atoms with Gasteiger partial charge >= 0.3 is 0 Å². The molecule has 3 aromatic rings. The zero-order valence-electron chi connectivity index (χ0n) is 12.4. The van der Waals surface area contributed by atoms with Crippen molar-refractivity contribution >= 4 is 22.9 Å². The first kappa shape index (κ1) is 13.9. The monoisotopic (exact) mass is 323 g/mol. The second-order valence-electron chi connectivity index (χ2n) is 5.29. The first-order chi connectivity index (χ1) is 11.2. The quantitative estimate of drug-likeness (QED) is 0.784. The van der Waals surface area contributed by atoms with Gasteiger partial charge in [0.1, 0.15) is 10.8 Å². The lowest BCUT2D eigenvalue weighted by Crippen LogP contribution is -2.25. The van der Waals surface area contributed by atoms with Crippen molar-refractivity contribution in [3.8, 4) is 27.6 Å². The van der Waals surface area contributed by atoms with Crippen LogP contribution in [-0.4, -0.2) is 22.5 Å². The van der Waals surface area contributed by atoms with E-state index in [4.69, 9.17) is 4.74 Å². The first-order valence-corrected chi connectivity index (χ1v) is 8.02. The highest BCUT2D eigenvalue weighted by Crippen LogP contribution is 2.37. The molecule has 23 heavy (non-hydrogen) atoms. The highest BCUT2D eigenvalue weighted by molar-refractivity contribution is 7.13. The molecule has 0 unspecified atom stereocenters. The van der Waals surface area contributed by atoms with E-state index in [1.165, 1.54) is 0 Å². The average Bonchev–Trinajstić information content (AvgIpc) is 3.05. The number of aromatic nitrogens is 2. The van der Waals surface area contributed by atoms with Gasteiger partial charge in [-0.25, -0.2) is 4.98 Å². The summed E-state index contributed by atoms with van der Waals surface area (Å²) in [6.07, 6.45) is 3.54. The minimum atomic E-state index is -0.135. The molecule has 1 aromatic carbocycles. The van der Waals surface area contributed by atoms with Crippen LogP contribution < -0.4 is 10.1 Å².